The van der Waals surface area contributed by atoms with Crippen molar-refractivity contribution < 1.29 is 18.7 Å². The van der Waals surface area contributed by atoms with Gasteiger partial charge in [-0.05, 0) is 36.4 Å². The zero-order chi connectivity index (χ0) is 24.9. The Labute approximate surface area is 211 Å². The number of thioether (sulfide) groups is 1. The molecule has 0 aliphatic carbocycles. The SMILES string of the molecule is N#CCCN(C(=O)CSc1nnc(-c2ccc(F)cc2)c2ccccc12)c1ccc2c(c1)OCCO2. The van der Waals surface area contributed by atoms with Crippen molar-refractivity contribution in [2.75, 3.05) is 30.4 Å². The van der Waals surface area contributed by atoms with Gasteiger partial charge in [0.1, 0.15) is 29.8 Å². The Morgan fingerprint density at radius 1 is 1.00 bits per heavy atom. The maximum atomic E-state index is 13.4. The third-order valence-electron chi connectivity index (χ3n) is 5.69. The molecule has 180 valence electrons. The fraction of sp³-hybridized carbons (Fsp3) is 0.185. The van der Waals surface area contributed by atoms with Crippen molar-refractivity contribution >= 4 is 34.1 Å². The van der Waals surface area contributed by atoms with Gasteiger partial charge >= 0.3 is 0 Å². The van der Waals surface area contributed by atoms with Crippen LogP contribution in [-0.4, -0.2) is 41.6 Å². The molecule has 36 heavy (non-hydrogen) atoms. The van der Waals surface area contributed by atoms with Crippen LogP contribution in [0.3, 0.4) is 0 Å². The molecule has 1 aliphatic rings. The van der Waals surface area contributed by atoms with E-state index in [1.807, 2.05) is 24.3 Å². The van der Waals surface area contributed by atoms with Crippen molar-refractivity contribution in [1.29, 1.82) is 5.26 Å². The van der Waals surface area contributed by atoms with Crippen LogP contribution in [0.5, 0.6) is 11.5 Å². The van der Waals surface area contributed by atoms with Gasteiger partial charge < -0.3 is 14.4 Å². The van der Waals surface area contributed by atoms with E-state index < -0.39 is 0 Å². The molecule has 0 saturated heterocycles. The molecule has 2 heterocycles. The number of carbonyl (C=O) groups is 1. The summed E-state index contributed by atoms with van der Waals surface area (Å²) < 4.78 is 24.6. The average molecular weight is 501 g/mol. The number of benzene rings is 3. The molecule has 1 aliphatic heterocycles. The van der Waals surface area contributed by atoms with Crippen molar-refractivity contribution in [3.8, 4) is 28.8 Å². The van der Waals surface area contributed by atoms with E-state index in [2.05, 4.69) is 16.3 Å². The Bertz CT molecular complexity index is 1460. The molecule has 0 spiro atoms. The number of aromatic nitrogens is 2. The molecule has 0 fully saturated rings. The lowest BCUT2D eigenvalue weighted by Gasteiger charge is -2.24. The summed E-state index contributed by atoms with van der Waals surface area (Å²) in [5.74, 6) is 0.833. The first kappa shape index (κ1) is 23.6. The van der Waals surface area contributed by atoms with Crippen molar-refractivity contribution in [2.24, 2.45) is 0 Å². The highest BCUT2D eigenvalue weighted by Gasteiger charge is 2.21. The number of hydrogen-bond donors (Lipinski definition) is 0. The highest BCUT2D eigenvalue weighted by Crippen LogP contribution is 2.35. The van der Waals surface area contributed by atoms with E-state index in [4.69, 9.17) is 14.7 Å². The smallest absolute Gasteiger partial charge is 0.237 e. The minimum atomic E-state index is -0.319. The Kier molecular flexibility index (Phi) is 6.96. The molecule has 1 amide bonds. The molecule has 0 radical (unpaired) electrons. The van der Waals surface area contributed by atoms with E-state index in [0.29, 0.717) is 41.1 Å². The molecule has 7 nitrogen and oxygen atoms in total. The van der Waals surface area contributed by atoms with Crippen molar-refractivity contribution in [3.05, 3.63) is 72.5 Å². The monoisotopic (exact) mass is 500 g/mol. The number of halogens is 1. The van der Waals surface area contributed by atoms with Crippen molar-refractivity contribution in [3.63, 3.8) is 0 Å². The number of nitriles is 1. The predicted molar refractivity (Wildman–Crippen MR) is 136 cm³/mol. The number of carbonyl (C=O) groups excluding carboxylic acids is 1. The summed E-state index contributed by atoms with van der Waals surface area (Å²) in [5.41, 5.74) is 2.05. The number of nitrogens with zero attached hydrogens (tertiary/aromatic N) is 4. The standard InChI is InChI=1S/C27H21FN4O3S/c28-19-8-6-18(7-9-19)26-21-4-1-2-5-22(21)27(31-30-26)36-17-25(33)32(13-3-12-29)20-10-11-23-24(16-20)35-15-14-34-23/h1-2,4-11,16H,3,13-15,17H2. The summed E-state index contributed by atoms with van der Waals surface area (Å²) >= 11 is 1.29. The summed E-state index contributed by atoms with van der Waals surface area (Å²) in [6.07, 6.45) is 0.194. The molecule has 5 rings (SSSR count). The third-order valence-corrected chi connectivity index (χ3v) is 6.66. The summed E-state index contributed by atoms with van der Waals surface area (Å²) in [6, 6.07) is 21.2. The van der Waals surface area contributed by atoms with E-state index in [-0.39, 0.29) is 30.4 Å². The van der Waals surface area contributed by atoms with Gasteiger partial charge in [0, 0.05) is 34.6 Å². The largest absolute Gasteiger partial charge is 0.486 e. The number of amides is 1. The minimum Gasteiger partial charge on any atom is -0.486 e. The van der Waals surface area contributed by atoms with E-state index in [0.717, 1.165) is 16.3 Å². The zero-order valence-corrected chi connectivity index (χ0v) is 20.0. The number of anilines is 1. The summed E-state index contributed by atoms with van der Waals surface area (Å²) in [6.45, 7) is 1.18. The molecule has 0 bridgehead atoms. The first-order valence-electron chi connectivity index (χ1n) is 11.3. The fourth-order valence-electron chi connectivity index (χ4n) is 3.97. The van der Waals surface area contributed by atoms with Crippen LogP contribution in [0.2, 0.25) is 0 Å². The molecule has 3 aromatic carbocycles. The van der Waals surface area contributed by atoms with E-state index in [1.165, 1.54) is 23.9 Å². The van der Waals surface area contributed by atoms with Crippen LogP contribution in [0.4, 0.5) is 10.1 Å². The lowest BCUT2D eigenvalue weighted by molar-refractivity contribution is -0.116. The maximum Gasteiger partial charge on any atom is 0.237 e. The quantitative estimate of drug-likeness (QED) is 0.320. The van der Waals surface area contributed by atoms with E-state index >= 15 is 0 Å². The second-order valence-corrected chi connectivity index (χ2v) is 8.94. The zero-order valence-electron chi connectivity index (χ0n) is 19.2. The summed E-state index contributed by atoms with van der Waals surface area (Å²) in [5, 5.41) is 20.2. The third kappa shape index (κ3) is 4.95. The van der Waals surface area contributed by atoms with Crippen molar-refractivity contribution in [1.82, 2.24) is 10.2 Å². The van der Waals surface area contributed by atoms with Gasteiger partial charge in [0.2, 0.25) is 5.91 Å². The first-order chi connectivity index (χ1) is 17.6. The van der Waals surface area contributed by atoms with E-state index in [9.17, 15) is 9.18 Å². The molecular formula is C27H21FN4O3S. The Morgan fingerprint density at radius 3 is 2.53 bits per heavy atom. The molecule has 0 saturated carbocycles. The molecule has 0 unspecified atom stereocenters. The van der Waals surface area contributed by atoms with Gasteiger partial charge in [0.05, 0.1) is 18.2 Å². The number of fused-ring (bicyclic) bond motifs is 2. The lowest BCUT2D eigenvalue weighted by Crippen LogP contribution is -2.33. The summed E-state index contributed by atoms with van der Waals surface area (Å²) in [7, 11) is 0. The van der Waals surface area contributed by atoms with Gasteiger partial charge in [0.25, 0.3) is 0 Å². The highest BCUT2D eigenvalue weighted by atomic mass is 32.2. The lowest BCUT2D eigenvalue weighted by atomic mass is 10.1. The van der Waals surface area contributed by atoms with Crippen LogP contribution in [0.1, 0.15) is 6.42 Å². The number of hydrogen-bond acceptors (Lipinski definition) is 7. The Morgan fingerprint density at radius 2 is 1.75 bits per heavy atom. The predicted octanol–water partition coefficient (Wildman–Crippen LogP) is 5.25. The van der Waals surface area contributed by atoms with Crippen LogP contribution in [0.15, 0.2) is 71.8 Å². The fourth-order valence-corrected chi connectivity index (χ4v) is 4.82. The molecule has 4 aromatic rings. The van der Waals surface area contributed by atoms with Gasteiger partial charge in [0.15, 0.2) is 11.5 Å². The Balaban J connectivity index is 1.39. The van der Waals surface area contributed by atoms with Crippen LogP contribution in [0.25, 0.3) is 22.0 Å². The van der Waals surface area contributed by atoms with Crippen molar-refractivity contribution in [2.45, 2.75) is 11.4 Å². The molecule has 0 atom stereocenters. The highest BCUT2D eigenvalue weighted by molar-refractivity contribution is 8.00. The van der Waals surface area contributed by atoms with Crippen LogP contribution in [-0.2, 0) is 4.79 Å². The molecular weight excluding hydrogens is 479 g/mol. The van der Waals surface area contributed by atoms with Gasteiger partial charge in [-0.15, -0.1) is 10.2 Å². The number of ether oxygens (including phenoxy) is 2. The maximum absolute atomic E-state index is 13.4. The average Bonchev–Trinajstić information content (AvgIpc) is 2.92. The number of rotatable bonds is 7. The van der Waals surface area contributed by atoms with Gasteiger partial charge in [-0.3, -0.25) is 4.79 Å². The second kappa shape index (κ2) is 10.6. The van der Waals surface area contributed by atoms with E-state index in [1.54, 1.807) is 35.2 Å². The second-order valence-electron chi connectivity index (χ2n) is 7.98. The van der Waals surface area contributed by atoms with Crippen LogP contribution >= 0.6 is 11.8 Å². The summed E-state index contributed by atoms with van der Waals surface area (Å²) in [4.78, 5) is 14.9. The van der Waals surface area contributed by atoms with Crippen LogP contribution in [0, 0.1) is 17.1 Å². The molecule has 9 heteroatoms. The molecule has 0 N–H and O–H groups in total. The topological polar surface area (TPSA) is 88.3 Å². The van der Waals surface area contributed by atoms with Gasteiger partial charge in [-0.1, -0.05) is 36.0 Å². The first-order valence-corrected chi connectivity index (χ1v) is 12.3. The van der Waals surface area contributed by atoms with Gasteiger partial charge in [-0.25, -0.2) is 4.39 Å². The minimum absolute atomic E-state index is 0.106. The normalized spacial score (nSPS) is 12.2. The Hall–Kier alpha value is -4.16. The van der Waals surface area contributed by atoms with Gasteiger partial charge in [-0.2, -0.15) is 5.26 Å². The molecule has 1 aromatic heterocycles. The van der Waals surface area contributed by atoms with Crippen LogP contribution < -0.4 is 14.4 Å².